The van der Waals surface area contributed by atoms with E-state index in [2.05, 4.69) is 0 Å². The Morgan fingerprint density at radius 2 is 1.70 bits per heavy atom. The highest BCUT2D eigenvalue weighted by Gasteiger charge is 2.27. The highest BCUT2D eigenvalue weighted by molar-refractivity contribution is 8.21. The van der Waals surface area contributed by atoms with E-state index in [-0.39, 0.29) is 18.8 Å². The molecule has 0 spiro atoms. The molecule has 0 aliphatic heterocycles. The molecular weight excluding hydrogens is 294 g/mol. The van der Waals surface area contributed by atoms with Crippen LogP contribution in [0.2, 0.25) is 0 Å². The van der Waals surface area contributed by atoms with Crippen LogP contribution in [0.5, 0.6) is 0 Å². The third kappa shape index (κ3) is 4.68. The monoisotopic (exact) mass is 312 g/mol. The summed E-state index contributed by atoms with van der Waals surface area (Å²) in [5.41, 5.74) is 0.513. The average Bonchev–Trinajstić information content (AvgIpc) is 2.45. The summed E-state index contributed by atoms with van der Waals surface area (Å²) in [6, 6.07) is 5.56. The third-order valence-corrected chi connectivity index (χ3v) is 4.54. The fourth-order valence-electron chi connectivity index (χ4n) is 1.61. The van der Waals surface area contributed by atoms with Crippen LogP contribution in [0.25, 0.3) is 5.70 Å². The fraction of sp³-hybridized carbons (Fsp3) is 0.357. The van der Waals surface area contributed by atoms with Crippen LogP contribution < -0.4 is 4.57 Å². The van der Waals surface area contributed by atoms with Crippen LogP contribution in [-0.2, 0) is 14.3 Å². The summed E-state index contributed by atoms with van der Waals surface area (Å²) >= 11 is 2.98. The molecule has 0 atom stereocenters. The molecule has 1 aromatic rings. The predicted molar refractivity (Wildman–Crippen MR) is 83.1 cm³/mol. The Hall–Kier alpha value is -1.27. The van der Waals surface area contributed by atoms with Crippen molar-refractivity contribution in [2.45, 2.75) is 13.3 Å². The maximum absolute atomic E-state index is 12.4. The van der Waals surface area contributed by atoms with Gasteiger partial charge in [-0.3, -0.25) is 9.59 Å². The zero-order valence-electron chi connectivity index (χ0n) is 11.8. The Kier molecular flexibility index (Phi) is 7.40. The van der Waals surface area contributed by atoms with E-state index in [1.165, 1.54) is 23.5 Å². The lowest BCUT2D eigenvalue weighted by molar-refractivity contribution is -0.577. The first-order chi connectivity index (χ1) is 9.63. The predicted octanol–water partition coefficient (Wildman–Crippen LogP) is 2.35. The summed E-state index contributed by atoms with van der Waals surface area (Å²) in [5.74, 6) is -0.730. The maximum atomic E-state index is 12.4. The molecule has 108 valence electrons. The second kappa shape index (κ2) is 8.81. The lowest BCUT2D eigenvalue weighted by Crippen LogP contribution is -2.37. The molecule has 0 unspecified atom stereocenters. The molecule has 0 fully saturated rings. The lowest BCUT2D eigenvalue weighted by atomic mass is 10.2. The molecular formula is C14H18NO3S2+. The van der Waals surface area contributed by atoms with Gasteiger partial charge in [-0.2, -0.15) is 4.57 Å². The lowest BCUT2D eigenvalue weighted by Gasteiger charge is -2.06. The van der Waals surface area contributed by atoms with Gasteiger partial charge in [-0.25, -0.2) is 0 Å². The summed E-state index contributed by atoms with van der Waals surface area (Å²) in [6.07, 6.45) is 7.17. The molecule has 0 aliphatic carbocycles. The van der Waals surface area contributed by atoms with E-state index in [4.69, 9.17) is 4.74 Å². The second-order valence-corrected chi connectivity index (χ2v) is 5.62. The summed E-state index contributed by atoms with van der Waals surface area (Å²) in [5, 5.41) is 0. The van der Waals surface area contributed by atoms with Crippen LogP contribution >= 0.6 is 23.5 Å². The van der Waals surface area contributed by atoms with E-state index in [0.717, 1.165) is 4.24 Å². The minimum atomic E-state index is -0.493. The van der Waals surface area contributed by atoms with Crippen LogP contribution in [0.3, 0.4) is 0 Å². The average molecular weight is 312 g/mol. The first kappa shape index (κ1) is 16.8. The number of pyridine rings is 1. The molecule has 6 heteroatoms. The molecule has 0 radical (unpaired) electrons. The van der Waals surface area contributed by atoms with Gasteiger partial charge in [-0.05, 0) is 19.4 Å². The van der Waals surface area contributed by atoms with Gasteiger partial charge < -0.3 is 4.74 Å². The summed E-state index contributed by atoms with van der Waals surface area (Å²) in [4.78, 5) is 23.9. The van der Waals surface area contributed by atoms with Crippen molar-refractivity contribution in [1.29, 1.82) is 0 Å². The Labute approximate surface area is 127 Å². The zero-order chi connectivity index (χ0) is 15.0. The van der Waals surface area contributed by atoms with Gasteiger partial charge in [0.15, 0.2) is 12.4 Å². The van der Waals surface area contributed by atoms with E-state index < -0.39 is 5.97 Å². The molecule has 0 bridgehead atoms. The SMILES string of the molecule is CCOC(=O)CC(=O)C(=C(SC)SC)[n+]1ccccc1. The number of carbonyl (C=O) groups is 2. The quantitative estimate of drug-likeness (QED) is 0.335. The van der Waals surface area contributed by atoms with Crippen molar-refractivity contribution in [2.24, 2.45) is 0 Å². The highest BCUT2D eigenvalue weighted by Crippen LogP contribution is 2.28. The molecule has 0 aliphatic rings. The minimum Gasteiger partial charge on any atom is -0.466 e. The molecule has 20 heavy (non-hydrogen) atoms. The van der Waals surface area contributed by atoms with Crippen LogP contribution in [0.15, 0.2) is 34.8 Å². The molecule has 0 saturated heterocycles. The Balaban J connectivity index is 3.10. The van der Waals surface area contributed by atoms with Gasteiger partial charge in [0, 0.05) is 12.1 Å². The van der Waals surface area contributed by atoms with Gasteiger partial charge in [0.05, 0.1) is 6.61 Å². The van der Waals surface area contributed by atoms with Gasteiger partial charge in [-0.1, -0.05) is 6.07 Å². The Bertz CT molecular complexity index is 494. The topological polar surface area (TPSA) is 47.3 Å². The first-order valence-electron chi connectivity index (χ1n) is 6.11. The van der Waals surface area contributed by atoms with Gasteiger partial charge >= 0.3 is 5.97 Å². The molecule has 0 amide bonds. The molecule has 0 N–H and O–H groups in total. The number of hydrogen-bond acceptors (Lipinski definition) is 5. The van der Waals surface area contributed by atoms with Crippen molar-refractivity contribution in [3.05, 3.63) is 34.8 Å². The number of aromatic nitrogens is 1. The molecule has 4 nitrogen and oxygen atoms in total. The summed E-state index contributed by atoms with van der Waals surface area (Å²) in [6.45, 7) is 2.00. The molecule has 0 saturated carbocycles. The van der Waals surface area contributed by atoms with Crippen LogP contribution in [-0.4, -0.2) is 30.9 Å². The molecule has 1 heterocycles. The van der Waals surface area contributed by atoms with E-state index in [0.29, 0.717) is 5.70 Å². The molecule has 0 aromatic carbocycles. The fourth-order valence-corrected chi connectivity index (χ4v) is 3.11. The van der Waals surface area contributed by atoms with E-state index >= 15 is 0 Å². The first-order valence-corrected chi connectivity index (χ1v) is 8.56. The standard InChI is InChI=1S/C14H18NO3S2/c1-4-18-12(17)10-11(16)13(14(19-2)20-3)15-8-6-5-7-9-15/h5-9H,4,10H2,1-3H3/q+1. The summed E-state index contributed by atoms with van der Waals surface area (Å²) < 4.78 is 7.45. The summed E-state index contributed by atoms with van der Waals surface area (Å²) in [7, 11) is 0. The smallest absolute Gasteiger partial charge is 0.313 e. The number of ether oxygens (including phenoxy) is 1. The van der Waals surface area contributed by atoms with E-state index in [9.17, 15) is 9.59 Å². The van der Waals surface area contributed by atoms with Crippen molar-refractivity contribution < 1.29 is 18.9 Å². The number of nitrogens with zero attached hydrogens (tertiary/aromatic N) is 1. The van der Waals surface area contributed by atoms with Crippen LogP contribution in [0.4, 0.5) is 0 Å². The Morgan fingerprint density at radius 1 is 1.10 bits per heavy atom. The number of thioether (sulfide) groups is 2. The number of rotatable bonds is 7. The van der Waals surface area contributed by atoms with Crippen molar-refractivity contribution in [3.63, 3.8) is 0 Å². The highest BCUT2D eigenvalue weighted by atomic mass is 32.2. The number of carbonyl (C=O) groups excluding carboxylic acids is 2. The molecule has 1 aromatic heterocycles. The van der Waals surface area contributed by atoms with Crippen molar-refractivity contribution in [3.8, 4) is 0 Å². The van der Waals surface area contributed by atoms with Gasteiger partial charge in [-0.15, -0.1) is 23.5 Å². The number of allylic oxidation sites excluding steroid dienone is 1. The Morgan fingerprint density at radius 3 is 2.20 bits per heavy atom. The third-order valence-electron chi connectivity index (χ3n) is 2.41. The normalized spacial score (nSPS) is 9.95. The van der Waals surface area contributed by atoms with E-state index in [1.54, 1.807) is 23.9 Å². The van der Waals surface area contributed by atoms with Crippen molar-refractivity contribution in [1.82, 2.24) is 0 Å². The number of Topliss-reactive ketones (excluding diaryl/α,β-unsaturated/α-hetero) is 1. The number of hydrogen-bond donors (Lipinski definition) is 0. The van der Waals surface area contributed by atoms with Crippen molar-refractivity contribution in [2.75, 3.05) is 19.1 Å². The van der Waals surface area contributed by atoms with E-state index in [1.807, 2.05) is 30.7 Å². The van der Waals surface area contributed by atoms with Crippen molar-refractivity contribution >= 4 is 41.0 Å². The number of esters is 1. The zero-order valence-corrected chi connectivity index (χ0v) is 13.4. The largest absolute Gasteiger partial charge is 0.466 e. The maximum Gasteiger partial charge on any atom is 0.313 e. The molecule has 1 rings (SSSR count). The van der Waals surface area contributed by atoms with Crippen LogP contribution in [0, 0.1) is 0 Å². The minimum absolute atomic E-state index is 0.238. The van der Waals surface area contributed by atoms with Crippen LogP contribution in [0.1, 0.15) is 13.3 Å². The van der Waals surface area contributed by atoms with Gasteiger partial charge in [0.2, 0.25) is 5.78 Å². The van der Waals surface area contributed by atoms with Gasteiger partial charge in [0.25, 0.3) is 5.70 Å². The second-order valence-electron chi connectivity index (χ2n) is 3.73. The number of ketones is 1. The van der Waals surface area contributed by atoms with Gasteiger partial charge in [0.1, 0.15) is 10.7 Å².